The Bertz CT molecular complexity index is 1270. The molecule has 0 atom stereocenters. The molecule has 0 bridgehead atoms. The SMILES string of the molecule is CCOc1ccc(NC(=O)C2=C(c3ccccc3)c3ccccc3N(CC)S2(=O)=O)cc1. The lowest BCUT2D eigenvalue weighted by molar-refractivity contribution is -0.112. The molecule has 0 saturated heterocycles. The summed E-state index contributed by atoms with van der Waals surface area (Å²) in [5, 5.41) is 2.75. The molecule has 1 heterocycles. The van der Waals surface area contributed by atoms with Crippen LogP contribution < -0.4 is 14.4 Å². The molecule has 7 heteroatoms. The molecule has 0 aromatic heterocycles. The van der Waals surface area contributed by atoms with Gasteiger partial charge in [-0.15, -0.1) is 0 Å². The minimum Gasteiger partial charge on any atom is -0.494 e. The Morgan fingerprint density at radius 2 is 1.56 bits per heavy atom. The smallest absolute Gasteiger partial charge is 0.270 e. The van der Waals surface area contributed by atoms with E-state index >= 15 is 0 Å². The van der Waals surface area contributed by atoms with Crippen molar-refractivity contribution in [2.24, 2.45) is 0 Å². The van der Waals surface area contributed by atoms with Crippen LogP contribution in [-0.2, 0) is 14.8 Å². The molecule has 3 aromatic rings. The van der Waals surface area contributed by atoms with E-state index in [0.717, 1.165) is 0 Å². The molecule has 164 valence electrons. The molecular weight excluding hydrogens is 424 g/mol. The topological polar surface area (TPSA) is 75.7 Å². The average molecular weight is 449 g/mol. The third-order valence-electron chi connectivity index (χ3n) is 5.20. The van der Waals surface area contributed by atoms with E-state index in [2.05, 4.69) is 5.32 Å². The van der Waals surface area contributed by atoms with E-state index in [4.69, 9.17) is 4.74 Å². The summed E-state index contributed by atoms with van der Waals surface area (Å²) >= 11 is 0. The molecule has 0 fully saturated rings. The number of fused-ring (bicyclic) bond motifs is 1. The highest BCUT2D eigenvalue weighted by Crippen LogP contribution is 2.42. The van der Waals surface area contributed by atoms with Crippen LogP contribution in [0.25, 0.3) is 5.57 Å². The van der Waals surface area contributed by atoms with Crippen molar-refractivity contribution in [3.63, 3.8) is 0 Å². The number of hydrogen-bond acceptors (Lipinski definition) is 4. The number of ether oxygens (including phenoxy) is 1. The number of carbonyl (C=O) groups excluding carboxylic acids is 1. The predicted molar refractivity (Wildman–Crippen MR) is 127 cm³/mol. The lowest BCUT2D eigenvalue weighted by atomic mass is 9.95. The average Bonchev–Trinajstić information content (AvgIpc) is 2.80. The van der Waals surface area contributed by atoms with Crippen LogP contribution in [0, 0.1) is 0 Å². The van der Waals surface area contributed by atoms with Crippen LogP contribution >= 0.6 is 0 Å². The number of sulfonamides is 1. The van der Waals surface area contributed by atoms with Gasteiger partial charge in [0.1, 0.15) is 5.75 Å². The van der Waals surface area contributed by atoms with Gasteiger partial charge in [-0.1, -0.05) is 48.5 Å². The fraction of sp³-hybridized carbons (Fsp3) is 0.160. The Balaban J connectivity index is 1.88. The highest BCUT2D eigenvalue weighted by molar-refractivity contribution is 7.97. The van der Waals surface area contributed by atoms with Gasteiger partial charge in [0.15, 0.2) is 4.91 Å². The zero-order valence-corrected chi connectivity index (χ0v) is 18.7. The molecule has 0 aliphatic carbocycles. The summed E-state index contributed by atoms with van der Waals surface area (Å²) < 4.78 is 34.0. The largest absolute Gasteiger partial charge is 0.494 e. The van der Waals surface area contributed by atoms with E-state index in [1.807, 2.05) is 49.4 Å². The number of hydrogen-bond donors (Lipinski definition) is 1. The number of rotatable bonds is 6. The van der Waals surface area contributed by atoms with E-state index in [0.29, 0.717) is 40.4 Å². The highest BCUT2D eigenvalue weighted by Gasteiger charge is 2.40. The van der Waals surface area contributed by atoms with Crippen molar-refractivity contribution >= 4 is 32.9 Å². The first kappa shape index (κ1) is 21.6. The summed E-state index contributed by atoms with van der Waals surface area (Å²) in [4.78, 5) is 13.2. The van der Waals surface area contributed by atoms with Gasteiger partial charge in [-0.05, 0) is 49.7 Å². The number of amides is 1. The Labute approximate surface area is 188 Å². The van der Waals surface area contributed by atoms with Crippen molar-refractivity contribution < 1.29 is 17.9 Å². The number of anilines is 2. The first-order chi connectivity index (χ1) is 15.5. The van der Waals surface area contributed by atoms with Crippen LogP contribution in [0.2, 0.25) is 0 Å². The quantitative estimate of drug-likeness (QED) is 0.595. The lowest BCUT2D eigenvalue weighted by Crippen LogP contribution is -2.39. The van der Waals surface area contributed by atoms with Gasteiger partial charge in [0.2, 0.25) is 0 Å². The summed E-state index contributed by atoms with van der Waals surface area (Å²) in [6.07, 6.45) is 0. The van der Waals surface area contributed by atoms with Crippen LogP contribution in [0.15, 0.2) is 83.8 Å². The summed E-state index contributed by atoms with van der Waals surface area (Å²) in [5.41, 5.74) is 2.81. The number of para-hydroxylation sites is 1. The van der Waals surface area contributed by atoms with Gasteiger partial charge in [-0.3, -0.25) is 9.10 Å². The minimum atomic E-state index is -4.09. The normalized spacial score (nSPS) is 14.6. The molecule has 0 spiro atoms. The third kappa shape index (κ3) is 3.87. The fourth-order valence-corrected chi connectivity index (χ4v) is 5.59. The standard InChI is InChI=1S/C25H24N2O4S/c1-3-27-22-13-9-8-12-21(22)23(18-10-6-5-7-11-18)24(32(27,29)30)25(28)26-19-14-16-20(17-15-19)31-4-2/h5-17H,3-4H2,1-2H3,(H,26,28). The Kier molecular flexibility index (Phi) is 6.01. The maximum absolute atomic E-state index is 13.6. The molecule has 1 aliphatic rings. The summed E-state index contributed by atoms with van der Waals surface area (Å²) in [5.74, 6) is -0.00738. The molecule has 0 radical (unpaired) electrons. The molecule has 1 aliphatic heterocycles. The minimum absolute atomic E-state index is 0.210. The first-order valence-electron chi connectivity index (χ1n) is 10.4. The van der Waals surface area contributed by atoms with Gasteiger partial charge in [-0.2, -0.15) is 0 Å². The molecule has 0 saturated carbocycles. The first-order valence-corrected chi connectivity index (χ1v) is 11.9. The summed E-state index contributed by atoms with van der Waals surface area (Å²) in [6, 6.07) is 23.2. The Hall–Kier alpha value is -3.58. The van der Waals surface area contributed by atoms with Crippen LogP contribution in [0.3, 0.4) is 0 Å². The van der Waals surface area contributed by atoms with Crippen LogP contribution in [0.4, 0.5) is 11.4 Å². The van der Waals surface area contributed by atoms with Crippen molar-refractivity contribution in [1.29, 1.82) is 0 Å². The van der Waals surface area contributed by atoms with Gasteiger partial charge in [-0.25, -0.2) is 8.42 Å². The second-order valence-corrected chi connectivity index (χ2v) is 8.97. The maximum Gasteiger partial charge on any atom is 0.270 e. The highest BCUT2D eigenvalue weighted by atomic mass is 32.2. The van der Waals surface area contributed by atoms with E-state index in [9.17, 15) is 13.2 Å². The molecule has 32 heavy (non-hydrogen) atoms. The second kappa shape index (κ2) is 8.88. The lowest BCUT2D eigenvalue weighted by Gasteiger charge is -2.32. The van der Waals surface area contributed by atoms with Gasteiger partial charge in [0.25, 0.3) is 15.9 Å². The van der Waals surface area contributed by atoms with Crippen molar-refractivity contribution in [2.75, 3.05) is 22.8 Å². The summed E-state index contributed by atoms with van der Waals surface area (Å²) in [7, 11) is -4.09. The number of benzene rings is 3. The zero-order chi connectivity index (χ0) is 22.7. The molecule has 1 N–H and O–H groups in total. The Morgan fingerprint density at radius 1 is 0.906 bits per heavy atom. The molecule has 6 nitrogen and oxygen atoms in total. The molecule has 1 amide bonds. The van der Waals surface area contributed by atoms with E-state index in [1.54, 1.807) is 43.3 Å². The van der Waals surface area contributed by atoms with E-state index in [-0.39, 0.29) is 11.4 Å². The molecule has 3 aromatic carbocycles. The number of nitrogens with one attached hydrogen (secondary N) is 1. The second-order valence-electron chi connectivity index (χ2n) is 7.17. The molecule has 0 unspecified atom stereocenters. The predicted octanol–water partition coefficient (Wildman–Crippen LogP) is 4.65. The number of nitrogens with zero attached hydrogens (tertiary/aromatic N) is 1. The van der Waals surface area contributed by atoms with Gasteiger partial charge in [0, 0.05) is 23.4 Å². The van der Waals surface area contributed by atoms with Crippen LogP contribution in [0.1, 0.15) is 25.0 Å². The van der Waals surface area contributed by atoms with Gasteiger partial charge in [0.05, 0.1) is 12.3 Å². The van der Waals surface area contributed by atoms with Crippen LogP contribution in [0.5, 0.6) is 5.75 Å². The van der Waals surface area contributed by atoms with E-state index < -0.39 is 15.9 Å². The zero-order valence-electron chi connectivity index (χ0n) is 17.9. The Morgan fingerprint density at radius 3 is 2.22 bits per heavy atom. The molecule has 4 rings (SSSR count). The monoisotopic (exact) mass is 448 g/mol. The molecular formula is C25H24N2O4S. The maximum atomic E-state index is 13.6. The van der Waals surface area contributed by atoms with Crippen LogP contribution in [-0.4, -0.2) is 27.5 Å². The van der Waals surface area contributed by atoms with E-state index in [1.165, 1.54) is 4.31 Å². The number of carbonyl (C=O) groups is 1. The van der Waals surface area contributed by atoms with Gasteiger partial charge < -0.3 is 10.1 Å². The summed E-state index contributed by atoms with van der Waals surface area (Å²) in [6.45, 7) is 4.38. The van der Waals surface area contributed by atoms with Crippen molar-refractivity contribution in [1.82, 2.24) is 0 Å². The van der Waals surface area contributed by atoms with Crippen molar-refractivity contribution in [3.8, 4) is 5.75 Å². The van der Waals surface area contributed by atoms with Crippen molar-refractivity contribution in [2.45, 2.75) is 13.8 Å². The third-order valence-corrected chi connectivity index (χ3v) is 7.14. The van der Waals surface area contributed by atoms with Gasteiger partial charge >= 0.3 is 0 Å². The fourth-order valence-electron chi connectivity index (χ4n) is 3.84. The van der Waals surface area contributed by atoms with Crippen molar-refractivity contribution in [3.05, 3.63) is 94.9 Å².